The maximum absolute atomic E-state index is 13.8. The van der Waals surface area contributed by atoms with E-state index in [1.165, 1.54) is 0 Å². The minimum absolute atomic E-state index is 0.0547. The van der Waals surface area contributed by atoms with Gasteiger partial charge >= 0.3 is 0 Å². The lowest BCUT2D eigenvalue weighted by Crippen LogP contribution is -2.54. The van der Waals surface area contributed by atoms with Crippen molar-refractivity contribution in [2.75, 3.05) is 49.5 Å². The summed E-state index contributed by atoms with van der Waals surface area (Å²) in [5.74, 6) is -0.376. The quantitative estimate of drug-likeness (QED) is 0.170. The minimum Gasteiger partial charge on any atom is -0.373 e. The number of pyridine rings is 1. The standard InChI is InChI=1S/C43H50ClN7O6S/c1-27-19-33(9-11-37(27)46-42-45-24-29-21-36(44)41(54)51(39(29)48-42)30-6-2-3-7-30)58(55,56)34-22-43(23-34)13-15-49(16-14-43)17-18-57-32-25-50(26-32)31-8-4-5-28(20-31)35-10-12-38(52)47-40(35)53/h4-5,8-9,11,19-21,24,30,32,34-35H,2-3,6-7,10,12-18,22-23,25-26H2,1H3,(H,45,46,48)(H,47,52,53). The normalized spacial score (nSPS) is 22.0. The number of anilines is 3. The van der Waals surface area contributed by atoms with E-state index in [1.54, 1.807) is 35.0 Å². The summed E-state index contributed by atoms with van der Waals surface area (Å²) in [6.07, 6.45) is 10.0. The van der Waals surface area contributed by atoms with Gasteiger partial charge in [-0.1, -0.05) is 36.6 Å². The van der Waals surface area contributed by atoms with E-state index in [-0.39, 0.29) is 51.1 Å². The molecule has 58 heavy (non-hydrogen) atoms. The third-order valence-electron chi connectivity index (χ3n) is 13.4. The Bertz CT molecular complexity index is 2410. The first-order valence-corrected chi connectivity index (χ1v) is 22.6. The SMILES string of the molecule is Cc1cc(S(=O)(=O)C2CC3(CCN(CCOC4CN(c5cccc(C6CCC(=O)NC6=O)c5)C4)CC3)C2)ccc1Nc1ncc2cc(Cl)c(=O)n(C3CCCC3)c2n1. The number of carbonyl (C=O) groups is 2. The fraction of sp³-hybridized carbons (Fsp3) is 0.512. The Morgan fingerprint density at radius 3 is 2.52 bits per heavy atom. The monoisotopic (exact) mass is 827 g/mol. The Morgan fingerprint density at radius 1 is 1.00 bits per heavy atom. The molecule has 2 amide bonds. The molecule has 0 bridgehead atoms. The van der Waals surface area contributed by atoms with E-state index in [4.69, 9.17) is 21.3 Å². The highest BCUT2D eigenvalue weighted by Crippen LogP contribution is 2.52. The molecule has 1 spiro atoms. The summed E-state index contributed by atoms with van der Waals surface area (Å²) < 4.78 is 35.6. The Kier molecular flexibility index (Phi) is 10.6. The zero-order chi connectivity index (χ0) is 40.2. The summed E-state index contributed by atoms with van der Waals surface area (Å²) >= 11 is 6.30. The lowest BCUT2D eigenvalue weighted by Gasteiger charge is -2.51. The molecule has 3 saturated heterocycles. The number of fused-ring (bicyclic) bond motifs is 1. The first kappa shape index (κ1) is 39.1. The van der Waals surface area contributed by atoms with Crippen LogP contribution in [0.15, 0.2) is 64.4 Å². The first-order valence-electron chi connectivity index (χ1n) is 20.7. The Labute approximate surface area is 343 Å². The van der Waals surface area contributed by atoms with Crippen LogP contribution in [0.5, 0.6) is 0 Å². The summed E-state index contributed by atoms with van der Waals surface area (Å²) in [5, 5.41) is 6.19. The molecule has 5 aliphatic rings. The number of hydrogen-bond donors (Lipinski definition) is 2. The van der Waals surface area contributed by atoms with Crippen LogP contribution < -0.4 is 21.1 Å². The van der Waals surface area contributed by atoms with Gasteiger partial charge in [-0.05, 0) is 118 Å². The second-order valence-electron chi connectivity index (χ2n) is 17.1. The van der Waals surface area contributed by atoms with Gasteiger partial charge in [-0.15, -0.1) is 0 Å². The average molecular weight is 828 g/mol. The van der Waals surface area contributed by atoms with Crippen LogP contribution in [0.4, 0.5) is 17.3 Å². The molecule has 3 aliphatic heterocycles. The van der Waals surface area contributed by atoms with Crippen LogP contribution in [0.1, 0.15) is 87.3 Å². The van der Waals surface area contributed by atoms with E-state index in [2.05, 4.69) is 37.6 Å². The molecule has 2 aromatic carbocycles. The largest absolute Gasteiger partial charge is 0.373 e. The molecule has 5 heterocycles. The molecule has 2 aliphatic carbocycles. The second kappa shape index (κ2) is 15.7. The zero-order valence-electron chi connectivity index (χ0n) is 32.8. The summed E-state index contributed by atoms with van der Waals surface area (Å²) in [5.41, 5.74) is 3.88. The van der Waals surface area contributed by atoms with Gasteiger partial charge in [0.1, 0.15) is 10.7 Å². The number of aromatic nitrogens is 3. The van der Waals surface area contributed by atoms with E-state index in [1.807, 2.05) is 19.1 Å². The van der Waals surface area contributed by atoms with Crippen LogP contribution in [-0.2, 0) is 24.2 Å². The van der Waals surface area contributed by atoms with Crippen molar-refractivity contribution in [2.24, 2.45) is 5.41 Å². The number of aryl methyl sites for hydroxylation is 1. The minimum atomic E-state index is -3.49. The number of carbonyl (C=O) groups excluding carboxylic acids is 2. The van der Waals surface area contributed by atoms with Crippen LogP contribution in [0.2, 0.25) is 5.02 Å². The molecule has 1 unspecified atom stereocenters. The lowest BCUT2D eigenvalue weighted by molar-refractivity contribution is -0.134. The number of ether oxygens (including phenoxy) is 1. The van der Waals surface area contributed by atoms with Crippen molar-refractivity contribution in [3.05, 3.63) is 81.2 Å². The first-order chi connectivity index (χ1) is 27.9. The predicted molar refractivity (Wildman–Crippen MR) is 223 cm³/mol. The van der Waals surface area contributed by atoms with E-state index < -0.39 is 9.84 Å². The number of likely N-dealkylation sites (tertiary alicyclic amines) is 1. The molecule has 2 saturated carbocycles. The Balaban J connectivity index is 0.735. The number of sulfone groups is 1. The van der Waals surface area contributed by atoms with Crippen LogP contribution in [0.3, 0.4) is 0 Å². The van der Waals surface area contributed by atoms with Crippen molar-refractivity contribution in [3.8, 4) is 0 Å². The number of benzene rings is 2. The topological polar surface area (TPSA) is 156 Å². The second-order valence-corrected chi connectivity index (χ2v) is 19.7. The van der Waals surface area contributed by atoms with Gasteiger partial charge in [0.25, 0.3) is 5.56 Å². The maximum atomic E-state index is 13.8. The molecule has 2 N–H and O–H groups in total. The number of halogens is 1. The third kappa shape index (κ3) is 7.64. The number of piperidine rings is 2. The zero-order valence-corrected chi connectivity index (χ0v) is 34.4. The van der Waals surface area contributed by atoms with Gasteiger partial charge in [-0.3, -0.25) is 24.3 Å². The number of nitrogens with one attached hydrogen (secondary N) is 2. The summed E-state index contributed by atoms with van der Waals surface area (Å²) in [6, 6.07) is 14.9. The summed E-state index contributed by atoms with van der Waals surface area (Å²) in [6.45, 7) is 6.89. The molecular weight excluding hydrogens is 778 g/mol. The van der Waals surface area contributed by atoms with E-state index in [0.717, 1.165) is 88.1 Å². The number of hydrogen-bond acceptors (Lipinski definition) is 11. The van der Waals surface area contributed by atoms with Crippen molar-refractivity contribution in [3.63, 3.8) is 0 Å². The molecule has 15 heteroatoms. The van der Waals surface area contributed by atoms with Crippen LogP contribution in [0, 0.1) is 12.3 Å². The molecule has 5 fully saturated rings. The summed E-state index contributed by atoms with van der Waals surface area (Å²) in [4.78, 5) is 51.2. The smallest absolute Gasteiger partial charge is 0.271 e. The highest BCUT2D eigenvalue weighted by molar-refractivity contribution is 7.92. The van der Waals surface area contributed by atoms with Crippen molar-refractivity contribution >= 4 is 61.6 Å². The molecule has 4 aromatic rings. The number of amides is 2. The van der Waals surface area contributed by atoms with Gasteiger partial charge in [0.2, 0.25) is 17.8 Å². The average Bonchev–Trinajstić information content (AvgIpc) is 3.71. The summed E-state index contributed by atoms with van der Waals surface area (Å²) in [7, 11) is -3.49. The molecule has 306 valence electrons. The van der Waals surface area contributed by atoms with Gasteiger partial charge in [0.15, 0.2) is 9.84 Å². The molecule has 9 rings (SSSR count). The molecule has 13 nitrogen and oxygen atoms in total. The van der Waals surface area contributed by atoms with Crippen molar-refractivity contribution < 1.29 is 22.7 Å². The van der Waals surface area contributed by atoms with Crippen molar-refractivity contribution in [1.29, 1.82) is 0 Å². The van der Waals surface area contributed by atoms with Crippen LogP contribution >= 0.6 is 11.6 Å². The fourth-order valence-electron chi connectivity index (χ4n) is 9.75. The van der Waals surface area contributed by atoms with E-state index >= 15 is 0 Å². The van der Waals surface area contributed by atoms with Gasteiger partial charge < -0.3 is 19.9 Å². The van der Waals surface area contributed by atoms with Gasteiger partial charge in [0, 0.05) is 55.1 Å². The predicted octanol–water partition coefficient (Wildman–Crippen LogP) is 6.06. The van der Waals surface area contributed by atoms with Crippen molar-refractivity contribution in [2.45, 2.75) is 99.3 Å². The fourth-order valence-corrected chi connectivity index (χ4v) is 12.1. The van der Waals surface area contributed by atoms with E-state index in [9.17, 15) is 22.8 Å². The van der Waals surface area contributed by atoms with Crippen LogP contribution in [0.25, 0.3) is 11.0 Å². The number of rotatable bonds is 11. The molecule has 0 radical (unpaired) electrons. The molecule has 2 aromatic heterocycles. The van der Waals surface area contributed by atoms with E-state index in [0.29, 0.717) is 59.9 Å². The molecular formula is C43H50ClN7O6S. The van der Waals surface area contributed by atoms with Crippen molar-refractivity contribution in [1.82, 2.24) is 24.8 Å². The highest BCUT2D eigenvalue weighted by Gasteiger charge is 2.51. The van der Waals surface area contributed by atoms with Gasteiger partial charge in [-0.25, -0.2) is 13.4 Å². The maximum Gasteiger partial charge on any atom is 0.271 e. The van der Waals surface area contributed by atoms with Gasteiger partial charge in [-0.2, -0.15) is 4.98 Å². The Morgan fingerprint density at radius 2 is 1.78 bits per heavy atom. The Hall–Kier alpha value is -4.37. The third-order valence-corrected chi connectivity index (χ3v) is 15.7. The number of imide groups is 1. The highest BCUT2D eigenvalue weighted by atomic mass is 35.5. The lowest BCUT2D eigenvalue weighted by atomic mass is 9.63. The van der Waals surface area contributed by atoms with Gasteiger partial charge in [0.05, 0.1) is 28.8 Å². The molecule has 1 atom stereocenters. The van der Waals surface area contributed by atoms with Crippen LogP contribution in [-0.4, -0.2) is 90.4 Å². The number of nitrogens with zero attached hydrogens (tertiary/aromatic N) is 5.